The average molecular weight is 491 g/mol. The van der Waals surface area contributed by atoms with Gasteiger partial charge in [-0.1, -0.05) is 17.4 Å². The second-order valence-electron chi connectivity index (χ2n) is 6.88. The van der Waals surface area contributed by atoms with E-state index < -0.39 is 17.7 Å². The molecule has 0 radical (unpaired) electrons. The number of amides is 1. The molecule has 0 N–H and O–H groups in total. The molecule has 0 saturated heterocycles. The van der Waals surface area contributed by atoms with Crippen LogP contribution in [0.3, 0.4) is 0 Å². The van der Waals surface area contributed by atoms with Crippen LogP contribution in [-0.4, -0.2) is 42.9 Å². The normalized spacial score (nSPS) is 11.5. The van der Waals surface area contributed by atoms with Crippen LogP contribution in [0.4, 0.5) is 4.39 Å². The Morgan fingerprint density at radius 1 is 0.971 bits per heavy atom. The number of para-hydroxylation sites is 1. The van der Waals surface area contributed by atoms with E-state index in [0.29, 0.717) is 41.8 Å². The first-order chi connectivity index (χ1) is 16.4. The standard InChI is InChI=1S/C24H27FN2O6S/c1-5-30-17-12-15(13-18(31-6-2)22(17)33-8-4)23(29)26-24-27(14-20(28)32-7-3)21-16(25)10-9-11-19(21)34-24/h9-13H,5-8,14H2,1-4H3. The molecule has 0 unspecified atom stereocenters. The number of esters is 1. The maximum Gasteiger partial charge on any atom is 0.326 e. The Morgan fingerprint density at radius 2 is 1.62 bits per heavy atom. The van der Waals surface area contributed by atoms with Gasteiger partial charge in [0.25, 0.3) is 5.91 Å². The summed E-state index contributed by atoms with van der Waals surface area (Å²) in [6, 6.07) is 7.62. The molecule has 0 saturated carbocycles. The number of carbonyl (C=O) groups is 2. The minimum absolute atomic E-state index is 0.169. The fourth-order valence-electron chi connectivity index (χ4n) is 3.32. The van der Waals surface area contributed by atoms with Crippen molar-refractivity contribution in [3.05, 3.63) is 46.5 Å². The van der Waals surface area contributed by atoms with Gasteiger partial charge in [0.05, 0.1) is 36.6 Å². The van der Waals surface area contributed by atoms with Crippen LogP contribution < -0.4 is 19.0 Å². The summed E-state index contributed by atoms with van der Waals surface area (Å²) in [5, 5.41) is 0. The molecule has 3 aromatic rings. The smallest absolute Gasteiger partial charge is 0.326 e. The molecule has 0 fully saturated rings. The van der Waals surface area contributed by atoms with Crippen molar-refractivity contribution in [1.29, 1.82) is 0 Å². The van der Waals surface area contributed by atoms with E-state index in [1.807, 2.05) is 20.8 Å². The van der Waals surface area contributed by atoms with Crippen molar-refractivity contribution in [2.45, 2.75) is 34.2 Å². The highest BCUT2D eigenvalue weighted by molar-refractivity contribution is 7.16. The number of hydrogen-bond acceptors (Lipinski definition) is 7. The highest BCUT2D eigenvalue weighted by Crippen LogP contribution is 2.39. The molecular weight excluding hydrogens is 463 g/mol. The lowest BCUT2D eigenvalue weighted by molar-refractivity contribution is -0.143. The van der Waals surface area contributed by atoms with Gasteiger partial charge in [-0.05, 0) is 52.0 Å². The van der Waals surface area contributed by atoms with Gasteiger partial charge in [-0.15, -0.1) is 0 Å². The number of rotatable bonds is 10. The van der Waals surface area contributed by atoms with Crippen LogP contribution in [0.5, 0.6) is 17.2 Å². The zero-order valence-electron chi connectivity index (χ0n) is 19.6. The third kappa shape index (κ3) is 5.56. The summed E-state index contributed by atoms with van der Waals surface area (Å²) in [5.74, 6) is -0.562. The Kier molecular flexibility index (Phi) is 8.64. The predicted octanol–water partition coefficient (Wildman–Crippen LogP) is 4.34. The molecule has 10 heteroatoms. The van der Waals surface area contributed by atoms with Crippen molar-refractivity contribution in [3.63, 3.8) is 0 Å². The molecule has 34 heavy (non-hydrogen) atoms. The maximum absolute atomic E-state index is 14.6. The van der Waals surface area contributed by atoms with Gasteiger partial charge < -0.3 is 23.5 Å². The van der Waals surface area contributed by atoms with E-state index in [1.54, 1.807) is 19.1 Å². The summed E-state index contributed by atoms with van der Waals surface area (Å²) >= 11 is 1.10. The lowest BCUT2D eigenvalue weighted by Crippen LogP contribution is -2.23. The van der Waals surface area contributed by atoms with Gasteiger partial charge in [0, 0.05) is 5.56 Å². The quantitative estimate of drug-likeness (QED) is 0.393. The first-order valence-corrected chi connectivity index (χ1v) is 11.8. The van der Waals surface area contributed by atoms with Crippen LogP contribution in [-0.2, 0) is 16.1 Å². The SMILES string of the molecule is CCOC(=O)Cn1c(=NC(=O)c2cc(OCC)c(OCC)c(OCC)c2)sc2cccc(F)c21. The van der Waals surface area contributed by atoms with Crippen molar-refractivity contribution in [2.75, 3.05) is 26.4 Å². The van der Waals surface area contributed by atoms with Gasteiger partial charge >= 0.3 is 5.97 Å². The minimum Gasteiger partial charge on any atom is -0.490 e. The number of nitrogens with zero attached hydrogens (tertiary/aromatic N) is 2. The number of thiazole rings is 1. The Bertz CT molecular complexity index is 1220. The van der Waals surface area contributed by atoms with Crippen molar-refractivity contribution in [3.8, 4) is 17.2 Å². The van der Waals surface area contributed by atoms with Gasteiger partial charge in [-0.25, -0.2) is 4.39 Å². The van der Waals surface area contributed by atoms with Crippen LogP contribution in [0.25, 0.3) is 10.2 Å². The van der Waals surface area contributed by atoms with Crippen LogP contribution >= 0.6 is 11.3 Å². The maximum atomic E-state index is 14.6. The summed E-state index contributed by atoms with van der Waals surface area (Å²) in [7, 11) is 0. The third-order valence-corrected chi connectivity index (χ3v) is 5.64. The fraction of sp³-hybridized carbons (Fsp3) is 0.375. The largest absolute Gasteiger partial charge is 0.490 e. The monoisotopic (exact) mass is 490 g/mol. The number of benzene rings is 2. The highest BCUT2D eigenvalue weighted by Gasteiger charge is 2.20. The van der Waals surface area contributed by atoms with E-state index in [9.17, 15) is 14.0 Å². The van der Waals surface area contributed by atoms with Gasteiger partial charge in [-0.2, -0.15) is 4.99 Å². The number of ether oxygens (including phenoxy) is 4. The molecule has 1 aromatic heterocycles. The van der Waals surface area contributed by atoms with Gasteiger partial charge in [0.15, 0.2) is 16.3 Å². The van der Waals surface area contributed by atoms with E-state index in [-0.39, 0.29) is 29.0 Å². The summed E-state index contributed by atoms with van der Waals surface area (Å²) in [6.07, 6.45) is 0. The Hall–Kier alpha value is -3.40. The topological polar surface area (TPSA) is 88.4 Å². The Morgan fingerprint density at radius 3 is 2.21 bits per heavy atom. The molecule has 1 amide bonds. The molecule has 182 valence electrons. The van der Waals surface area contributed by atoms with Crippen LogP contribution in [0, 0.1) is 5.82 Å². The summed E-state index contributed by atoms with van der Waals surface area (Å²) < 4.78 is 38.6. The molecule has 0 spiro atoms. The molecule has 0 atom stereocenters. The number of hydrogen-bond donors (Lipinski definition) is 0. The minimum atomic E-state index is -0.602. The van der Waals surface area contributed by atoms with E-state index >= 15 is 0 Å². The van der Waals surface area contributed by atoms with Crippen LogP contribution in [0.15, 0.2) is 35.3 Å². The van der Waals surface area contributed by atoms with E-state index in [0.717, 1.165) is 11.3 Å². The predicted molar refractivity (Wildman–Crippen MR) is 126 cm³/mol. The molecule has 0 aliphatic carbocycles. The molecule has 3 rings (SSSR count). The molecule has 1 heterocycles. The lowest BCUT2D eigenvalue weighted by Gasteiger charge is -2.16. The van der Waals surface area contributed by atoms with E-state index in [2.05, 4.69) is 4.99 Å². The van der Waals surface area contributed by atoms with Crippen molar-refractivity contribution in [2.24, 2.45) is 4.99 Å². The van der Waals surface area contributed by atoms with E-state index in [1.165, 1.54) is 22.8 Å². The summed E-state index contributed by atoms with van der Waals surface area (Å²) in [6.45, 7) is 8.16. The Balaban J connectivity index is 2.14. The van der Waals surface area contributed by atoms with Crippen LogP contribution in [0.1, 0.15) is 38.1 Å². The third-order valence-electron chi connectivity index (χ3n) is 4.60. The van der Waals surface area contributed by atoms with Crippen LogP contribution in [0.2, 0.25) is 0 Å². The van der Waals surface area contributed by atoms with Crippen molar-refractivity contribution in [1.82, 2.24) is 4.57 Å². The number of aromatic nitrogens is 1. The second-order valence-corrected chi connectivity index (χ2v) is 7.89. The average Bonchev–Trinajstić information content (AvgIpc) is 3.14. The van der Waals surface area contributed by atoms with Gasteiger partial charge in [0.1, 0.15) is 12.4 Å². The second kappa shape index (κ2) is 11.6. The first kappa shape index (κ1) is 25.2. The van der Waals surface area contributed by atoms with Crippen molar-refractivity contribution < 1.29 is 32.9 Å². The molecule has 0 aliphatic heterocycles. The fourth-order valence-corrected chi connectivity index (χ4v) is 4.36. The number of fused-ring (bicyclic) bond motifs is 1. The molecular formula is C24H27FN2O6S. The molecule has 2 aromatic carbocycles. The zero-order chi connectivity index (χ0) is 24.7. The Labute approximate surface area is 200 Å². The zero-order valence-corrected chi connectivity index (χ0v) is 20.4. The lowest BCUT2D eigenvalue weighted by atomic mass is 10.1. The number of halogens is 1. The molecule has 8 nitrogen and oxygen atoms in total. The van der Waals surface area contributed by atoms with E-state index in [4.69, 9.17) is 18.9 Å². The van der Waals surface area contributed by atoms with Gasteiger partial charge in [-0.3, -0.25) is 9.59 Å². The first-order valence-electron chi connectivity index (χ1n) is 11.0. The molecule has 0 bridgehead atoms. The highest BCUT2D eigenvalue weighted by atomic mass is 32.1. The molecule has 0 aliphatic rings. The van der Waals surface area contributed by atoms with Gasteiger partial charge in [0.2, 0.25) is 5.75 Å². The summed E-state index contributed by atoms with van der Waals surface area (Å²) in [5.41, 5.74) is 0.389. The summed E-state index contributed by atoms with van der Waals surface area (Å²) in [4.78, 5) is 29.7. The van der Waals surface area contributed by atoms with Crippen molar-refractivity contribution >= 4 is 33.4 Å². The number of carbonyl (C=O) groups excluding carboxylic acids is 2.